The zero-order valence-corrected chi connectivity index (χ0v) is 16.2. The highest BCUT2D eigenvalue weighted by Crippen LogP contribution is 2.43. The fraction of sp³-hybridized carbons (Fsp3) is 0.318. The molecule has 0 atom stereocenters. The molecule has 1 fully saturated rings. The van der Waals surface area contributed by atoms with E-state index in [9.17, 15) is 0 Å². The van der Waals surface area contributed by atoms with Crippen LogP contribution >= 0.6 is 0 Å². The van der Waals surface area contributed by atoms with Gasteiger partial charge in [0.15, 0.2) is 5.96 Å². The molecule has 0 radical (unpaired) electrons. The van der Waals surface area contributed by atoms with Crippen molar-refractivity contribution in [3.8, 4) is 5.69 Å². The molecule has 2 aromatic carbocycles. The van der Waals surface area contributed by atoms with Gasteiger partial charge in [0, 0.05) is 25.6 Å². The van der Waals surface area contributed by atoms with E-state index < -0.39 is 0 Å². The van der Waals surface area contributed by atoms with Crippen LogP contribution in [-0.4, -0.2) is 34.3 Å². The molecule has 144 valence electrons. The molecule has 2 N–H and O–H groups in total. The molecule has 0 amide bonds. The SMILES string of the molecule is CN=C(NCc1ccc(-n2cncn2)cc1)NCC1(c2ccccc2)CCC1. The number of aliphatic imine (C=N–C) groups is 1. The first-order chi connectivity index (χ1) is 13.8. The van der Waals surface area contributed by atoms with Gasteiger partial charge in [-0.05, 0) is 36.1 Å². The quantitative estimate of drug-likeness (QED) is 0.514. The van der Waals surface area contributed by atoms with E-state index in [1.807, 2.05) is 19.2 Å². The minimum Gasteiger partial charge on any atom is -0.356 e. The molecule has 1 aliphatic carbocycles. The van der Waals surface area contributed by atoms with Gasteiger partial charge in [0.05, 0.1) is 5.69 Å². The molecule has 0 aliphatic heterocycles. The number of aromatic nitrogens is 3. The van der Waals surface area contributed by atoms with Gasteiger partial charge >= 0.3 is 0 Å². The van der Waals surface area contributed by atoms with E-state index in [0.717, 1.165) is 24.7 Å². The molecule has 4 rings (SSSR count). The summed E-state index contributed by atoms with van der Waals surface area (Å²) in [4.78, 5) is 8.37. The summed E-state index contributed by atoms with van der Waals surface area (Å²) in [6.45, 7) is 1.62. The number of hydrogen-bond donors (Lipinski definition) is 2. The molecule has 6 heteroatoms. The van der Waals surface area contributed by atoms with Crippen LogP contribution in [0.25, 0.3) is 5.69 Å². The van der Waals surface area contributed by atoms with Gasteiger partial charge < -0.3 is 10.6 Å². The number of nitrogens with zero attached hydrogens (tertiary/aromatic N) is 4. The smallest absolute Gasteiger partial charge is 0.191 e. The first-order valence-corrected chi connectivity index (χ1v) is 9.73. The van der Waals surface area contributed by atoms with Gasteiger partial charge in [0.2, 0.25) is 0 Å². The van der Waals surface area contributed by atoms with Gasteiger partial charge in [-0.3, -0.25) is 4.99 Å². The van der Waals surface area contributed by atoms with E-state index >= 15 is 0 Å². The van der Waals surface area contributed by atoms with E-state index in [2.05, 4.69) is 68.2 Å². The fourth-order valence-electron chi connectivity index (χ4n) is 3.73. The standard InChI is InChI=1S/C22H26N6/c1-23-21(26-15-22(12-5-13-22)19-6-3-2-4-7-19)25-14-18-8-10-20(11-9-18)28-17-24-16-27-28/h2-4,6-11,16-17H,5,12-15H2,1H3,(H2,23,25,26). The van der Waals surface area contributed by atoms with Crippen molar-refractivity contribution in [1.29, 1.82) is 0 Å². The van der Waals surface area contributed by atoms with Crippen LogP contribution in [0.15, 0.2) is 72.2 Å². The van der Waals surface area contributed by atoms with Crippen LogP contribution in [-0.2, 0) is 12.0 Å². The Balaban J connectivity index is 1.33. The van der Waals surface area contributed by atoms with Crippen molar-refractivity contribution in [2.75, 3.05) is 13.6 Å². The third kappa shape index (κ3) is 3.91. The zero-order chi connectivity index (χ0) is 19.2. The summed E-state index contributed by atoms with van der Waals surface area (Å²) in [5, 5.41) is 11.1. The maximum Gasteiger partial charge on any atom is 0.191 e. The summed E-state index contributed by atoms with van der Waals surface area (Å²) in [6.07, 6.45) is 6.98. The Morgan fingerprint density at radius 2 is 1.86 bits per heavy atom. The topological polar surface area (TPSA) is 67.1 Å². The Morgan fingerprint density at radius 1 is 1.07 bits per heavy atom. The molecule has 28 heavy (non-hydrogen) atoms. The first-order valence-electron chi connectivity index (χ1n) is 9.73. The lowest BCUT2D eigenvalue weighted by Crippen LogP contribution is -2.48. The van der Waals surface area contributed by atoms with Crippen LogP contribution in [0.1, 0.15) is 30.4 Å². The lowest BCUT2D eigenvalue weighted by molar-refractivity contribution is 0.244. The van der Waals surface area contributed by atoms with Gasteiger partial charge in [0.1, 0.15) is 12.7 Å². The molecule has 3 aromatic rings. The maximum absolute atomic E-state index is 4.39. The average molecular weight is 374 g/mol. The van der Waals surface area contributed by atoms with E-state index in [0.29, 0.717) is 0 Å². The summed E-state index contributed by atoms with van der Waals surface area (Å²) >= 11 is 0. The third-order valence-corrected chi connectivity index (χ3v) is 5.59. The number of nitrogens with one attached hydrogen (secondary N) is 2. The van der Waals surface area contributed by atoms with Crippen molar-refractivity contribution >= 4 is 5.96 Å². The van der Waals surface area contributed by atoms with Crippen LogP contribution in [0.5, 0.6) is 0 Å². The monoisotopic (exact) mass is 374 g/mol. The number of rotatable bonds is 6. The molecular weight excluding hydrogens is 348 g/mol. The lowest BCUT2D eigenvalue weighted by atomic mass is 9.64. The highest BCUT2D eigenvalue weighted by Gasteiger charge is 2.38. The second-order valence-electron chi connectivity index (χ2n) is 7.29. The van der Waals surface area contributed by atoms with Crippen LogP contribution in [0.4, 0.5) is 0 Å². The predicted molar refractivity (Wildman–Crippen MR) is 112 cm³/mol. The molecule has 1 aromatic heterocycles. The van der Waals surface area contributed by atoms with Crippen molar-refractivity contribution < 1.29 is 0 Å². The molecule has 6 nitrogen and oxygen atoms in total. The third-order valence-electron chi connectivity index (χ3n) is 5.59. The Kier molecular flexibility index (Phi) is 5.37. The highest BCUT2D eigenvalue weighted by atomic mass is 15.3. The van der Waals surface area contributed by atoms with Crippen LogP contribution < -0.4 is 10.6 Å². The number of hydrogen-bond acceptors (Lipinski definition) is 3. The maximum atomic E-state index is 4.39. The van der Waals surface area contributed by atoms with E-state index in [-0.39, 0.29) is 5.41 Å². The lowest BCUT2D eigenvalue weighted by Gasteiger charge is -2.43. The van der Waals surface area contributed by atoms with Crippen molar-refractivity contribution in [2.45, 2.75) is 31.2 Å². The summed E-state index contributed by atoms with van der Waals surface area (Å²) in [5.74, 6) is 0.836. The van der Waals surface area contributed by atoms with Gasteiger partial charge in [-0.15, -0.1) is 0 Å². The number of benzene rings is 2. The minimum atomic E-state index is 0.234. The summed E-state index contributed by atoms with van der Waals surface area (Å²) in [5.41, 5.74) is 3.85. The molecule has 1 saturated carbocycles. The largest absolute Gasteiger partial charge is 0.356 e. The van der Waals surface area contributed by atoms with Crippen molar-refractivity contribution in [1.82, 2.24) is 25.4 Å². The minimum absolute atomic E-state index is 0.234. The summed E-state index contributed by atoms with van der Waals surface area (Å²) in [6, 6.07) is 19.1. The molecule has 0 saturated heterocycles. The van der Waals surface area contributed by atoms with Crippen LogP contribution in [0.2, 0.25) is 0 Å². The van der Waals surface area contributed by atoms with E-state index in [1.165, 1.54) is 36.7 Å². The van der Waals surface area contributed by atoms with Gasteiger partial charge in [0.25, 0.3) is 0 Å². The Labute approximate surface area is 165 Å². The average Bonchev–Trinajstić information content (AvgIpc) is 3.25. The Hall–Kier alpha value is -3.15. The van der Waals surface area contributed by atoms with Gasteiger partial charge in [-0.1, -0.05) is 48.9 Å². The Morgan fingerprint density at radius 3 is 2.46 bits per heavy atom. The summed E-state index contributed by atoms with van der Waals surface area (Å²) in [7, 11) is 1.82. The van der Waals surface area contributed by atoms with E-state index in [4.69, 9.17) is 0 Å². The van der Waals surface area contributed by atoms with E-state index in [1.54, 1.807) is 11.0 Å². The van der Waals surface area contributed by atoms with Crippen LogP contribution in [0, 0.1) is 0 Å². The van der Waals surface area contributed by atoms with Crippen LogP contribution in [0.3, 0.4) is 0 Å². The molecular formula is C22H26N6. The summed E-state index contributed by atoms with van der Waals surface area (Å²) < 4.78 is 1.75. The van der Waals surface area contributed by atoms with Crippen molar-refractivity contribution in [3.63, 3.8) is 0 Å². The Bertz CT molecular complexity index is 896. The molecule has 0 spiro atoms. The van der Waals surface area contributed by atoms with Gasteiger partial charge in [-0.25, -0.2) is 9.67 Å². The molecule has 0 bridgehead atoms. The van der Waals surface area contributed by atoms with Crippen molar-refractivity contribution in [2.24, 2.45) is 4.99 Å². The normalized spacial score (nSPS) is 15.7. The zero-order valence-electron chi connectivity index (χ0n) is 16.2. The molecule has 1 heterocycles. The first kappa shape index (κ1) is 18.2. The fourth-order valence-corrected chi connectivity index (χ4v) is 3.73. The molecule has 0 unspecified atom stereocenters. The second-order valence-corrected chi connectivity index (χ2v) is 7.29. The second kappa shape index (κ2) is 8.25. The molecule has 1 aliphatic rings. The predicted octanol–water partition coefficient (Wildman–Crippen LogP) is 3.05. The van der Waals surface area contributed by atoms with Crippen molar-refractivity contribution in [3.05, 3.63) is 78.4 Å². The highest BCUT2D eigenvalue weighted by molar-refractivity contribution is 5.79. The van der Waals surface area contributed by atoms with Gasteiger partial charge in [-0.2, -0.15) is 5.10 Å². The number of guanidine groups is 1.